The maximum Gasteiger partial charge on any atom is 0.192 e. The zero-order chi connectivity index (χ0) is 23.3. The van der Waals surface area contributed by atoms with Gasteiger partial charge < -0.3 is 30.3 Å². The number of thiocarbonyl (C=S) groups is 2. The van der Waals surface area contributed by atoms with Gasteiger partial charge in [-0.3, -0.25) is 0 Å². The second-order valence-electron chi connectivity index (χ2n) is 8.66. The van der Waals surface area contributed by atoms with E-state index in [1.807, 2.05) is 12.1 Å². The van der Waals surface area contributed by atoms with Crippen molar-refractivity contribution >= 4 is 34.2 Å². The second-order valence-corrected chi connectivity index (χ2v) is 9.65. The Labute approximate surface area is 197 Å². The molecule has 6 nitrogen and oxygen atoms in total. The van der Waals surface area contributed by atoms with E-state index in [4.69, 9.17) is 29.2 Å². The van der Waals surface area contributed by atoms with Gasteiger partial charge in [0.15, 0.2) is 17.5 Å². The van der Waals surface area contributed by atoms with Crippen molar-refractivity contribution in [1.29, 1.82) is 0 Å². The molecule has 2 aromatic carbocycles. The molecule has 7 atom stereocenters. The Kier molecular flexibility index (Phi) is 6.11. The summed E-state index contributed by atoms with van der Waals surface area (Å²) in [6.07, 6.45) is -4.45. The highest BCUT2D eigenvalue weighted by Gasteiger charge is 2.82. The summed E-state index contributed by atoms with van der Waals surface area (Å²) < 4.78 is 5.44. The summed E-state index contributed by atoms with van der Waals surface area (Å²) in [5.41, 5.74) is -5.82. The van der Waals surface area contributed by atoms with Gasteiger partial charge in [-0.1, -0.05) is 92.0 Å². The zero-order valence-electron chi connectivity index (χ0n) is 17.5. The predicted octanol–water partition coefficient (Wildman–Crippen LogP) is 1.13. The van der Waals surface area contributed by atoms with Crippen molar-refractivity contribution < 1.29 is 30.3 Å². The fourth-order valence-corrected chi connectivity index (χ4v) is 5.87. The van der Waals surface area contributed by atoms with Crippen LogP contribution in [0.1, 0.15) is 18.1 Å². The lowest BCUT2D eigenvalue weighted by atomic mass is 9.49. The van der Waals surface area contributed by atoms with E-state index in [0.29, 0.717) is 0 Å². The summed E-state index contributed by atoms with van der Waals surface area (Å²) in [4.78, 5) is -0.232. The molecule has 0 amide bonds. The number of fused-ring (bicyclic) bond motifs is 1. The quantitative estimate of drug-likeness (QED) is 0.397. The van der Waals surface area contributed by atoms with Crippen LogP contribution in [0.4, 0.5) is 0 Å². The van der Waals surface area contributed by atoms with Crippen LogP contribution in [0.2, 0.25) is 0 Å². The lowest BCUT2D eigenvalue weighted by molar-refractivity contribution is -0.419. The summed E-state index contributed by atoms with van der Waals surface area (Å²) in [7, 11) is 0. The third-order valence-corrected chi connectivity index (χ3v) is 7.85. The third kappa shape index (κ3) is 3.13. The molecule has 5 N–H and O–H groups in total. The maximum atomic E-state index is 12.1. The first kappa shape index (κ1) is 23.5. The number of hydrogen-bond donors (Lipinski definition) is 5. The normalized spacial score (nSPS) is 38.4. The van der Waals surface area contributed by atoms with E-state index in [9.17, 15) is 25.5 Å². The molecule has 1 heterocycles. The first-order valence-corrected chi connectivity index (χ1v) is 11.2. The largest absolute Gasteiger partial charge is 0.390 e. The Balaban J connectivity index is 1.80. The Hall–Kier alpha value is -1.62. The minimum Gasteiger partial charge on any atom is -0.390 e. The monoisotopic (exact) mass is 474 g/mol. The molecule has 4 rings (SSSR count). The summed E-state index contributed by atoms with van der Waals surface area (Å²) in [5, 5.41) is 56.8. The standard InChI is InChI=1S/C24H26O6S2/c1-14-19(25)20-22(14,27)24(29,18(32)13-16-10-6-3-7-11-16)23(28,21(26)30-20)17(31)12-15-8-4-2-5-9-15/h2-11,14,19-21,25-29H,12-13H2,1H3/t14?,19?,20-,21-,22-,23+,24+/m1/s1. The van der Waals surface area contributed by atoms with Crippen LogP contribution in [0, 0.1) is 5.92 Å². The van der Waals surface area contributed by atoms with Gasteiger partial charge in [-0.25, -0.2) is 0 Å². The average molecular weight is 475 g/mol. The van der Waals surface area contributed by atoms with Crippen LogP contribution in [0.15, 0.2) is 60.7 Å². The van der Waals surface area contributed by atoms with Gasteiger partial charge in [0.25, 0.3) is 0 Å². The van der Waals surface area contributed by atoms with Gasteiger partial charge in [0.2, 0.25) is 0 Å². The molecular weight excluding hydrogens is 448 g/mol. The second kappa shape index (κ2) is 8.30. The van der Waals surface area contributed by atoms with Crippen LogP contribution < -0.4 is 0 Å². The summed E-state index contributed by atoms with van der Waals surface area (Å²) >= 11 is 11.1. The number of ether oxygens (including phenoxy) is 1. The van der Waals surface area contributed by atoms with E-state index < -0.39 is 41.2 Å². The first-order chi connectivity index (χ1) is 15.1. The van der Waals surface area contributed by atoms with Crippen molar-refractivity contribution in [3.8, 4) is 0 Å². The summed E-state index contributed by atoms with van der Waals surface area (Å²) in [6, 6.07) is 18.1. The molecule has 8 heteroatoms. The molecule has 1 aliphatic heterocycles. The van der Waals surface area contributed by atoms with Crippen LogP contribution in [0.5, 0.6) is 0 Å². The van der Waals surface area contributed by atoms with Crippen molar-refractivity contribution in [3.05, 3.63) is 71.8 Å². The number of aliphatic hydroxyl groups is 5. The lowest BCUT2D eigenvalue weighted by Gasteiger charge is -2.68. The van der Waals surface area contributed by atoms with E-state index in [0.717, 1.165) is 11.1 Å². The van der Waals surface area contributed by atoms with Gasteiger partial charge in [0.05, 0.1) is 6.10 Å². The molecule has 32 heavy (non-hydrogen) atoms. The smallest absolute Gasteiger partial charge is 0.192 e. The van der Waals surface area contributed by atoms with Gasteiger partial charge in [-0.2, -0.15) is 0 Å². The highest BCUT2D eigenvalue weighted by Crippen LogP contribution is 2.57. The van der Waals surface area contributed by atoms with E-state index >= 15 is 0 Å². The van der Waals surface area contributed by atoms with Crippen molar-refractivity contribution in [3.63, 3.8) is 0 Å². The summed E-state index contributed by atoms with van der Waals surface area (Å²) in [5.74, 6) is -0.898. The van der Waals surface area contributed by atoms with Gasteiger partial charge in [0, 0.05) is 28.5 Å². The van der Waals surface area contributed by atoms with Crippen molar-refractivity contribution in [1.82, 2.24) is 0 Å². The lowest BCUT2D eigenvalue weighted by Crippen LogP contribution is -2.92. The summed E-state index contributed by atoms with van der Waals surface area (Å²) in [6.45, 7) is 1.53. The number of hydrogen-bond acceptors (Lipinski definition) is 8. The molecule has 2 aliphatic rings. The fourth-order valence-electron chi connectivity index (χ4n) is 4.96. The van der Waals surface area contributed by atoms with Crippen LogP contribution >= 0.6 is 24.4 Å². The number of benzene rings is 2. The highest BCUT2D eigenvalue weighted by atomic mass is 32.1. The predicted molar refractivity (Wildman–Crippen MR) is 126 cm³/mol. The average Bonchev–Trinajstić information content (AvgIpc) is 2.80. The SMILES string of the molecule is CC1C(O)[C@H]2O[C@@H](O)[C@@](O)(C(=S)Cc3ccccc3)[C@](O)(C(=S)Cc3ccccc3)[C@@]12O. The van der Waals surface area contributed by atoms with Gasteiger partial charge in [0.1, 0.15) is 11.7 Å². The highest BCUT2D eigenvalue weighted by molar-refractivity contribution is 7.81. The molecule has 0 spiro atoms. The van der Waals surface area contributed by atoms with E-state index in [1.165, 1.54) is 6.92 Å². The van der Waals surface area contributed by atoms with Crippen molar-refractivity contribution in [2.45, 2.75) is 55.1 Å². The van der Waals surface area contributed by atoms with E-state index in [2.05, 4.69) is 0 Å². The van der Waals surface area contributed by atoms with Gasteiger partial charge in [-0.15, -0.1) is 0 Å². The molecule has 170 valence electrons. The third-order valence-electron chi connectivity index (χ3n) is 6.96. The minimum absolute atomic E-state index is 0.0288. The Morgan fingerprint density at radius 3 is 1.81 bits per heavy atom. The molecule has 2 aromatic rings. The molecular formula is C24H26O6S2. The molecule has 1 saturated carbocycles. The Morgan fingerprint density at radius 1 is 0.844 bits per heavy atom. The molecule has 0 radical (unpaired) electrons. The molecule has 1 aliphatic carbocycles. The van der Waals surface area contributed by atoms with Gasteiger partial charge in [-0.05, 0) is 11.1 Å². The van der Waals surface area contributed by atoms with Crippen LogP contribution in [0.25, 0.3) is 0 Å². The number of rotatable bonds is 6. The molecule has 2 unspecified atom stereocenters. The minimum atomic E-state index is -2.59. The molecule has 2 fully saturated rings. The van der Waals surface area contributed by atoms with Crippen molar-refractivity contribution in [2.75, 3.05) is 0 Å². The Morgan fingerprint density at radius 2 is 1.31 bits per heavy atom. The Bertz CT molecular complexity index is 1020. The molecule has 0 aromatic heterocycles. The fraction of sp³-hybridized carbons (Fsp3) is 0.417. The topological polar surface area (TPSA) is 110 Å². The maximum absolute atomic E-state index is 12.1. The zero-order valence-corrected chi connectivity index (χ0v) is 19.1. The van der Waals surface area contributed by atoms with E-state index in [1.54, 1.807) is 48.5 Å². The molecule has 0 bridgehead atoms. The van der Waals surface area contributed by atoms with Crippen LogP contribution in [-0.2, 0) is 17.6 Å². The van der Waals surface area contributed by atoms with Crippen LogP contribution in [-0.4, -0.2) is 70.6 Å². The molecule has 1 saturated heterocycles. The van der Waals surface area contributed by atoms with Crippen molar-refractivity contribution in [2.24, 2.45) is 5.92 Å². The first-order valence-electron chi connectivity index (χ1n) is 10.4. The number of aliphatic hydroxyl groups excluding tert-OH is 2. The van der Waals surface area contributed by atoms with E-state index in [-0.39, 0.29) is 22.6 Å². The van der Waals surface area contributed by atoms with Crippen LogP contribution in [0.3, 0.4) is 0 Å². The van der Waals surface area contributed by atoms with Gasteiger partial charge >= 0.3 is 0 Å².